The van der Waals surface area contributed by atoms with Crippen LogP contribution >= 0.6 is 0 Å². The average Bonchev–Trinajstić information content (AvgIpc) is 2.27. The van der Waals surface area contributed by atoms with Crippen LogP contribution in [-0.4, -0.2) is 35.0 Å². The van der Waals surface area contributed by atoms with E-state index in [1.54, 1.807) is 18.9 Å². The third-order valence-corrected chi connectivity index (χ3v) is 3.43. The highest BCUT2D eigenvalue weighted by Gasteiger charge is 2.27. The van der Waals surface area contributed by atoms with Crippen molar-refractivity contribution in [3.05, 3.63) is 0 Å². The molecule has 16 heavy (non-hydrogen) atoms. The molecule has 1 rings (SSSR count). The van der Waals surface area contributed by atoms with E-state index in [9.17, 15) is 9.59 Å². The lowest BCUT2D eigenvalue weighted by molar-refractivity contribution is -0.141. The van der Waals surface area contributed by atoms with E-state index in [1.165, 1.54) is 6.42 Å². The first-order chi connectivity index (χ1) is 7.52. The van der Waals surface area contributed by atoms with Crippen molar-refractivity contribution in [2.45, 2.75) is 51.5 Å². The van der Waals surface area contributed by atoms with E-state index < -0.39 is 5.97 Å². The van der Waals surface area contributed by atoms with E-state index >= 15 is 0 Å². The summed E-state index contributed by atoms with van der Waals surface area (Å²) in [5, 5.41) is 8.69. The van der Waals surface area contributed by atoms with Gasteiger partial charge in [0.2, 0.25) is 5.91 Å². The van der Waals surface area contributed by atoms with Crippen molar-refractivity contribution in [1.82, 2.24) is 4.90 Å². The number of carbonyl (C=O) groups is 2. The molecular weight excluding hydrogens is 206 g/mol. The summed E-state index contributed by atoms with van der Waals surface area (Å²) < 4.78 is 0. The molecular formula is C12H21NO3. The van der Waals surface area contributed by atoms with E-state index in [4.69, 9.17) is 5.11 Å². The Balaban J connectivity index is 2.48. The van der Waals surface area contributed by atoms with Crippen LogP contribution in [0.4, 0.5) is 0 Å². The maximum absolute atomic E-state index is 12.1. The molecule has 0 aromatic rings. The molecule has 1 aliphatic rings. The van der Waals surface area contributed by atoms with Gasteiger partial charge in [-0.25, -0.2) is 0 Å². The summed E-state index contributed by atoms with van der Waals surface area (Å²) >= 11 is 0. The summed E-state index contributed by atoms with van der Waals surface area (Å²) in [7, 11) is 1.71. The zero-order valence-electron chi connectivity index (χ0n) is 10.1. The number of amides is 1. The van der Waals surface area contributed by atoms with Crippen molar-refractivity contribution >= 4 is 11.9 Å². The fourth-order valence-corrected chi connectivity index (χ4v) is 2.24. The molecule has 0 spiro atoms. The highest BCUT2D eigenvalue weighted by Crippen LogP contribution is 2.25. The molecule has 0 saturated heterocycles. The second-order valence-electron chi connectivity index (χ2n) is 4.73. The maximum Gasteiger partial charge on any atom is 0.305 e. The highest BCUT2D eigenvalue weighted by molar-refractivity contribution is 5.79. The summed E-state index contributed by atoms with van der Waals surface area (Å²) in [4.78, 5) is 24.2. The van der Waals surface area contributed by atoms with Crippen molar-refractivity contribution < 1.29 is 14.7 Å². The van der Waals surface area contributed by atoms with Crippen molar-refractivity contribution in [2.75, 3.05) is 7.05 Å². The first-order valence-electron chi connectivity index (χ1n) is 6.01. The summed E-state index contributed by atoms with van der Waals surface area (Å²) in [6, 6.07) is -0.216. The van der Waals surface area contributed by atoms with Crippen LogP contribution in [0.2, 0.25) is 0 Å². The lowest BCUT2D eigenvalue weighted by atomic mass is 9.88. The fraction of sp³-hybridized carbons (Fsp3) is 0.833. The molecule has 0 radical (unpaired) electrons. The second kappa shape index (κ2) is 5.87. The molecule has 1 fully saturated rings. The molecule has 1 saturated carbocycles. The molecule has 1 atom stereocenters. The molecule has 0 aromatic heterocycles. The van der Waals surface area contributed by atoms with Gasteiger partial charge in [0.05, 0.1) is 6.42 Å². The maximum atomic E-state index is 12.1. The predicted molar refractivity (Wildman–Crippen MR) is 61.1 cm³/mol. The minimum absolute atomic E-state index is 0.0228. The Morgan fingerprint density at radius 1 is 1.31 bits per heavy atom. The monoisotopic (exact) mass is 227 g/mol. The van der Waals surface area contributed by atoms with Gasteiger partial charge >= 0.3 is 5.97 Å². The molecule has 1 N–H and O–H groups in total. The Morgan fingerprint density at radius 2 is 1.88 bits per heavy atom. The van der Waals surface area contributed by atoms with Crippen LogP contribution < -0.4 is 0 Å². The minimum atomic E-state index is -0.851. The number of rotatable bonds is 4. The largest absolute Gasteiger partial charge is 0.481 e. The molecule has 1 aliphatic carbocycles. The molecule has 4 heteroatoms. The van der Waals surface area contributed by atoms with E-state index in [0.29, 0.717) is 0 Å². The average molecular weight is 227 g/mol. The van der Waals surface area contributed by atoms with Crippen LogP contribution in [0, 0.1) is 5.92 Å². The third-order valence-electron chi connectivity index (χ3n) is 3.43. The van der Waals surface area contributed by atoms with E-state index in [2.05, 4.69) is 0 Å². The lowest BCUT2D eigenvalue weighted by Gasteiger charge is -2.30. The van der Waals surface area contributed by atoms with Crippen molar-refractivity contribution in [3.63, 3.8) is 0 Å². The number of carboxylic acid groups (broad SMARTS) is 1. The number of nitrogens with zero attached hydrogens (tertiary/aromatic N) is 1. The van der Waals surface area contributed by atoms with E-state index in [0.717, 1.165) is 25.7 Å². The van der Waals surface area contributed by atoms with Gasteiger partial charge in [0.1, 0.15) is 0 Å². The van der Waals surface area contributed by atoms with Gasteiger partial charge in [-0.2, -0.15) is 0 Å². The Morgan fingerprint density at radius 3 is 2.38 bits per heavy atom. The second-order valence-corrected chi connectivity index (χ2v) is 4.73. The van der Waals surface area contributed by atoms with Gasteiger partial charge in [0.25, 0.3) is 0 Å². The number of carboxylic acids is 1. The van der Waals surface area contributed by atoms with E-state index in [1.807, 2.05) is 0 Å². The van der Waals surface area contributed by atoms with Crippen LogP contribution in [-0.2, 0) is 9.59 Å². The molecule has 4 nitrogen and oxygen atoms in total. The van der Waals surface area contributed by atoms with E-state index in [-0.39, 0.29) is 24.3 Å². The SMILES string of the molecule is CC(CC(=O)O)N(C)C(=O)C1CCCCC1. The number of hydrogen-bond donors (Lipinski definition) is 1. The zero-order valence-corrected chi connectivity index (χ0v) is 10.1. The number of carbonyl (C=O) groups excluding carboxylic acids is 1. The normalized spacial score (nSPS) is 19.1. The molecule has 0 heterocycles. The fourth-order valence-electron chi connectivity index (χ4n) is 2.24. The van der Waals surface area contributed by atoms with Gasteiger partial charge in [0.15, 0.2) is 0 Å². The van der Waals surface area contributed by atoms with Gasteiger partial charge in [-0.1, -0.05) is 19.3 Å². The topological polar surface area (TPSA) is 57.6 Å². The van der Waals surface area contributed by atoms with Crippen LogP contribution in [0.1, 0.15) is 45.4 Å². The molecule has 1 amide bonds. The Labute approximate surface area is 96.6 Å². The summed E-state index contributed by atoms with van der Waals surface area (Å²) in [6.45, 7) is 1.79. The summed E-state index contributed by atoms with van der Waals surface area (Å²) in [6.07, 6.45) is 5.41. The first kappa shape index (κ1) is 13.0. The zero-order chi connectivity index (χ0) is 12.1. The van der Waals surface area contributed by atoms with Crippen molar-refractivity contribution in [1.29, 1.82) is 0 Å². The summed E-state index contributed by atoms with van der Waals surface area (Å²) in [5.74, 6) is -0.612. The minimum Gasteiger partial charge on any atom is -0.481 e. The van der Waals surface area contributed by atoms with Crippen molar-refractivity contribution in [2.24, 2.45) is 5.92 Å². The lowest BCUT2D eigenvalue weighted by Crippen LogP contribution is -2.40. The van der Waals surface area contributed by atoms with Gasteiger partial charge in [0, 0.05) is 19.0 Å². The Bertz CT molecular complexity index is 259. The molecule has 92 valence electrons. The van der Waals surface area contributed by atoms with Crippen LogP contribution in [0.25, 0.3) is 0 Å². The number of hydrogen-bond acceptors (Lipinski definition) is 2. The molecule has 0 aliphatic heterocycles. The quantitative estimate of drug-likeness (QED) is 0.797. The van der Waals surface area contributed by atoms with Crippen LogP contribution in [0.3, 0.4) is 0 Å². The third kappa shape index (κ3) is 3.51. The Hall–Kier alpha value is -1.06. The van der Waals surface area contributed by atoms with Crippen LogP contribution in [0.15, 0.2) is 0 Å². The van der Waals surface area contributed by atoms with Crippen molar-refractivity contribution in [3.8, 4) is 0 Å². The highest BCUT2D eigenvalue weighted by atomic mass is 16.4. The molecule has 0 bridgehead atoms. The summed E-state index contributed by atoms with van der Waals surface area (Å²) in [5.41, 5.74) is 0. The predicted octanol–water partition coefficient (Wildman–Crippen LogP) is 1.89. The molecule has 1 unspecified atom stereocenters. The Kier molecular flexibility index (Phi) is 4.77. The first-order valence-corrected chi connectivity index (χ1v) is 6.01. The van der Waals surface area contributed by atoms with Gasteiger partial charge < -0.3 is 10.0 Å². The van der Waals surface area contributed by atoms with Gasteiger partial charge in [-0.05, 0) is 19.8 Å². The number of aliphatic carboxylic acids is 1. The molecule has 0 aromatic carbocycles. The van der Waals surface area contributed by atoms with Crippen LogP contribution in [0.5, 0.6) is 0 Å². The van der Waals surface area contributed by atoms with Gasteiger partial charge in [-0.3, -0.25) is 9.59 Å². The standard InChI is InChI=1S/C12H21NO3/c1-9(8-11(14)15)13(2)12(16)10-6-4-3-5-7-10/h9-10H,3-8H2,1-2H3,(H,14,15). The van der Waals surface area contributed by atoms with Gasteiger partial charge in [-0.15, -0.1) is 0 Å². The smallest absolute Gasteiger partial charge is 0.305 e.